The van der Waals surface area contributed by atoms with E-state index in [9.17, 15) is 0 Å². The standard InChI is InChI=1S/C19H40/c1-10-17(19(8,9)18(5,6)7)14-16(4)13-11-12-15(2)3/h15-17H,10-14H2,1-9H3. The Bertz CT molecular complexity index is 229. The van der Waals surface area contributed by atoms with Crippen LogP contribution in [0.4, 0.5) is 0 Å². The molecule has 0 saturated heterocycles. The molecular formula is C19H40. The summed E-state index contributed by atoms with van der Waals surface area (Å²) in [6.45, 7) is 21.7. The van der Waals surface area contributed by atoms with Gasteiger partial charge in [0.2, 0.25) is 0 Å². The topological polar surface area (TPSA) is 0 Å². The van der Waals surface area contributed by atoms with E-state index in [1.807, 2.05) is 0 Å². The van der Waals surface area contributed by atoms with E-state index in [-0.39, 0.29) is 0 Å². The zero-order chi connectivity index (χ0) is 15.3. The van der Waals surface area contributed by atoms with Crippen LogP contribution in [0.25, 0.3) is 0 Å². The van der Waals surface area contributed by atoms with E-state index in [0.717, 1.165) is 17.8 Å². The first kappa shape index (κ1) is 19.0. The van der Waals surface area contributed by atoms with Gasteiger partial charge in [-0.1, -0.05) is 88.0 Å². The lowest BCUT2D eigenvalue weighted by Gasteiger charge is -2.46. The van der Waals surface area contributed by atoms with Crippen LogP contribution in [-0.4, -0.2) is 0 Å². The lowest BCUT2D eigenvalue weighted by Crippen LogP contribution is -2.37. The predicted octanol–water partition coefficient (Wildman–Crippen LogP) is 6.94. The van der Waals surface area contributed by atoms with Gasteiger partial charge in [0.25, 0.3) is 0 Å². The highest BCUT2D eigenvalue weighted by Crippen LogP contribution is 2.47. The molecule has 0 aromatic rings. The van der Waals surface area contributed by atoms with Crippen LogP contribution in [0.2, 0.25) is 0 Å². The second-order valence-corrected chi connectivity index (χ2v) is 8.74. The number of hydrogen-bond donors (Lipinski definition) is 0. The molecule has 0 heterocycles. The molecule has 0 N–H and O–H groups in total. The molecule has 0 rings (SSSR count). The van der Waals surface area contributed by atoms with Gasteiger partial charge >= 0.3 is 0 Å². The van der Waals surface area contributed by atoms with E-state index in [1.165, 1.54) is 32.1 Å². The minimum atomic E-state index is 0.394. The van der Waals surface area contributed by atoms with Crippen molar-refractivity contribution in [1.29, 1.82) is 0 Å². The predicted molar refractivity (Wildman–Crippen MR) is 89.5 cm³/mol. The second-order valence-electron chi connectivity index (χ2n) is 8.74. The van der Waals surface area contributed by atoms with E-state index in [4.69, 9.17) is 0 Å². The molecule has 0 fully saturated rings. The first-order valence-corrected chi connectivity index (χ1v) is 8.52. The number of rotatable bonds is 8. The molecule has 0 saturated carbocycles. The van der Waals surface area contributed by atoms with Crippen LogP contribution in [-0.2, 0) is 0 Å². The summed E-state index contributed by atoms with van der Waals surface area (Å²) in [6, 6.07) is 0. The molecule has 0 aromatic carbocycles. The Morgan fingerprint density at radius 1 is 0.842 bits per heavy atom. The minimum absolute atomic E-state index is 0.394. The Hall–Kier alpha value is 0. The summed E-state index contributed by atoms with van der Waals surface area (Å²) < 4.78 is 0. The van der Waals surface area contributed by atoms with E-state index in [2.05, 4.69) is 62.3 Å². The van der Waals surface area contributed by atoms with Crippen LogP contribution in [0.1, 0.15) is 94.4 Å². The van der Waals surface area contributed by atoms with Crippen molar-refractivity contribution in [2.24, 2.45) is 28.6 Å². The molecule has 19 heavy (non-hydrogen) atoms. The van der Waals surface area contributed by atoms with Gasteiger partial charge in [-0.2, -0.15) is 0 Å². The normalized spacial score (nSPS) is 16.7. The SMILES string of the molecule is CCC(CC(C)CCCC(C)C)C(C)(C)C(C)(C)C. The lowest BCUT2D eigenvalue weighted by atomic mass is 9.59. The van der Waals surface area contributed by atoms with Crippen LogP contribution < -0.4 is 0 Å². The van der Waals surface area contributed by atoms with Crippen molar-refractivity contribution in [3.05, 3.63) is 0 Å². The van der Waals surface area contributed by atoms with Gasteiger partial charge in [0.15, 0.2) is 0 Å². The minimum Gasteiger partial charge on any atom is -0.0651 e. The van der Waals surface area contributed by atoms with E-state index in [0.29, 0.717) is 10.8 Å². The maximum atomic E-state index is 2.47. The molecule has 116 valence electrons. The van der Waals surface area contributed by atoms with Gasteiger partial charge in [0.1, 0.15) is 0 Å². The molecule has 0 spiro atoms. The van der Waals surface area contributed by atoms with Crippen LogP contribution in [0.3, 0.4) is 0 Å². The average Bonchev–Trinajstić information content (AvgIpc) is 2.23. The van der Waals surface area contributed by atoms with Crippen molar-refractivity contribution in [3.8, 4) is 0 Å². The van der Waals surface area contributed by atoms with Crippen LogP contribution in [0, 0.1) is 28.6 Å². The third kappa shape index (κ3) is 6.32. The van der Waals surface area contributed by atoms with Gasteiger partial charge in [-0.25, -0.2) is 0 Å². The molecule has 0 amide bonds. The van der Waals surface area contributed by atoms with Crippen molar-refractivity contribution in [2.45, 2.75) is 94.4 Å². The van der Waals surface area contributed by atoms with Crippen LogP contribution >= 0.6 is 0 Å². The molecule has 2 unspecified atom stereocenters. The third-order valence-electron chi connectivity index (χ3n) is 5.61. The summed E-state index contributed by atoms with van der Waals surface area (Å²) in [5.41, 5.74) is 0.819. The van der Waals surface area contributed by atoms with Gasteiger partial charge < -0.3 is 0 Å². The fourth-order valence-electron chi connectivity index (χ4n) is 3.06. The summed E-state index contributed by atoms with van der Waals surface area (Å²) >= 11 is 0. The molecule has 0 aliphatic rings. The van der Waals surface area contributed by atoms with Gasteiger partial charge in [-0.15, -0.1) is 0 Å². The van der Waals surface area contributed by atoms with Gasteiger partial charge in [-0.05, 0) is 35.0 Å². The lowest BCUT2D eigenvalue weighted by molar-refractivity contribution is 0.0376. The van der Waals surface area contributed by atoms with Crippen LogP contribution in [0.5, 0.6) is 0 Å². The fourth-order valence-corrected chi connectivity index (χ4v) is 3.06. The monoisotopic (exact) mass is 268 g/mol. The smallest absolute Gasteiger partial charge is 0.0277 e. The summed E-state index contributed by atoms with van der Waals surface area (Å²) in [7, 11) is 0. The highest BCUT2D eigenvalue weighted by atomic mass is 14.4. The summed E-state index contributed by atoms with van der Waals surface area (Å²) in [4.78, 5) is 0. The molecule has 0 aliphatic carbocycles. The average molecular weight is 269 g/mol. The van der Waals surface area contributed by atoms with E-state index < -0.39 is 0 Å². The van der Waals surface area contributed by atoms with E-state index in [1.54, 1.807) is 0 Å². The molecule has 2 atom stereocenters. The summed E-state index contributed by atoms with van der Waals surface area (Å²) in [5, 5.41) is 0. The van der Waals surface area contributed by atoms with Crippen LogP contribution in [0.15, 0.2) is 0 Å². The Kier molecular flexibility index (Phi) is 7.70. The van der Waals surface area contributed by atoms with Crippen molar-refractivity contribution in [3.63, 3.8) is 0 Å². The molecular weight excluding hydrogens is 228 g/mol. The summed E-state index contributed by atoms with van der Waals surface area (Å²) in [5.74, 6) is 2.59. The Labute approximate surface area is 123 Å². The van der Waals surface area contributed by atoms with E-state index >= 15 is 0 Å². The quantitative estimate of drug-likeness (QED) is 0.447. The largest absolute Gasteiger partial charge is 0.0651 e. The molecule has 0 nitrogen and oxygen atoms in total. The molecule has 0 aromatic heterocycles. The van der Waals surface area contributed by atoms with Gasteiger partial charge in [-0.3, -0.25) is 0 Å². The molecule has 0 aliphatic heterocycles. The highest BCUT2D eigenvalue weighted by Gasteiger charge is 2.39. The molecule has 0 radical (unpaired) electrons. The van der Waals surface area contributed by atoms with Gasteiger partial charge in [0.05, 0.1) is 0 Å². The third-order valence-corrected chi connectivity index (χ3v) is 5.61. The maximum Gasteiger partial charge on any atom is -0.0277 e. The Balaban J connectivity index is 4.40. The van der Waals surface area contributed by atoms with Crippen molar-refractivity contribution >= 4 is 0 Å². The molecule has 0 bridgehead atoms. The number of hydrogen-bond acceptors (Lipinski definition) is 0. The Morgan fingerprint density at radius 2 is 1.37 bits per heavy atom. The van der Waals surface area contributed by atoms with Crippen molar-refractivity contribution in [2.75, 3.05) is 0 Å². The zero-order valence-electron chi connectivity index (χ0n) is 15.3. The zero-order valence-corrected chi connectivity index (χ0v) is 15.3. The molecule has 0 heteroatoms. The first-order valence-electron chi connectivity index (χ1n) is 8.52. The fraction of sp³-hybridized carbons (Fsp3) is 1.00. The van der Waals surface area contributed by atoms with Crippen molar-refractivity contribution < 1.29 is 0 Å². The maximum absolute atomic E-state index is 2.47. The first-order chi connectivity index (χ1) is 8.52. The second kappa shape index (κ2) is 7.70. The highest BCUT2D eigenvalue weighted by molar-refractivity contribution is 4.88. The van der Waals surface area contributed by atoms with Gasteiger partial charge in [0, 0.05) is 0 Å². The Morgan fingerprint density at radius 3 is 1.74 bits per heavy atom. The summed E-state index contributed by atoms with van der Waals surface area (Å²) in [6.07, 6.45) is 6.93. The van der Waals surface area contributed by atoms with Crippen molar-refractivity contribution in [1.82, 2.24) is 0 Å².